The van der Waals surface area contributed by atoms with E-state index in [4.69, 9.17) is 0 Å². The van der Waals surface area contributed by atoms with Crippen molar-refractivity contribution in [3.8, 4) is 0 Å². The van der Waals surface area contributed by atoms with Crippen molar-refractivity contribution in [1.82, 2.24) is 0 Å². The van der Waals surface area contributed by atoms with E-state index in [0.29, 0.717) is 9.89 Å². The highest BCUT2D eigenvalue weighted by molar-refractivity contribution is 9.10. The summed E-state index contributed by atoms with van der Waals surface area (Å²) >= 11 is 7.05. The highest BCUT2D eigenvalue weighted by atomic mass is 79.9. The van der Waals surface area contributed by atoms with E-state index in [9.17, 15) is 4.39 Å². The molecule has 0 N–H and O–H groups in total. The summed E-state index contributed by atoms with van der Waals surface area (Å²) in [6.45, 7) is 2.28. The van der Waals surface area contributed by atoms with Crippen LogP contribution in [0, 0.1) is 17.2 Å². The van der Waals surface area contributed by atoms with Gasteiger partial charge in [-0.15, -0.1) is 0 Å². The van der Waals surface area contributed by atoms with Crippen molar-refractivity contribution in [1.29, 1.82) is 0 Å². The van der Waals surface area contributed by atoms with Gasteiger partial charge in [0, 0.05) is 5.33 Å². The molecule has 0 heterocycles. The molecule has 0 aliphatic heterocycles. The van der Waals surface area contributed by atoms with E-state index < -0.39 is 0 Å². The molecular formula is C18H25Br2F. The number of alkyl halides is 1. The van der Waals surface area contributed by atoms with E-state index in [1.807, 2.05) is 12.1 Å². The molecule has 118 valence electrons. The van der Waals surface area contributed by atoms with E-state index in [1.165, 1.54) is 50.5 Å². The third kappa shape index (κ3) is 4.79. The van der Waals surface area contributed by atoms with Crippen LogP contribution in [0.4, 0.5) is 4.39 Å². The molecule has 1 aliphatic carbocycles. The average molecular weight is 420 g/mol. The number of rotatable bonds is 6. The minimum absolute atomic E-state index is 0.171. The van der Waals surface area contributed by atoms with Crippen LogP contribution in [-0.2, 0) is 6.42 Å². The molecule has 1 fully saturated rings. The molecule has 0 atom stereocenters. The number of halogens is 3. The molecule has 1 saturated carbocycles. The molecule has 0 nitrogen and oxygen atoms in total. The summed E-state index contributed by atoms with van der Waals surface area (Å²) in [4.78, 5) is 0. The van der Waals surface area contributed by atoms with Crippen molar-refractivity contribution in [3.63, 3.8) is 0 Å². The lowest BCUT2D eigenvalue weighted by Crippen LogP contribution is -2.31. The van der Waals surface area contributed by atoms with Gasteiger partial charge in [-0.05, 0) is 77.1 Å². The Hall–Kier alpha value is 0.110. The summed E-state index contributed by atoms with van der Waals surface area (Å²) in [5.41, 5.74) is 1.61. The first-order chi connectivity index (χ1) is 10.1. The zero-order chi connectivity index (χ0) is 15.3. The Kier molecular flexibility index (Phi) is 6.74. The van der Waals surface area contributed by atoms with Crippen LogP contribution in [0.15, 0.2) is 22.7 Å². The Morgan fingerprint density at radius 2 is 2.00 bits per heavy atom. The minimum Gasteiger partial charge on any atom is -0.206 e. The molecule has 3 heteroatoms. The maximum Gasteiger partial charge on any atom is 0.137 e. The lowest BCUT2D eigenvalue weighted by Gasteiger charge is -2.39. The van der Waals surface area contributed by atoms with Gasteiger partial charge in [0.05, 0.1) is 4.47 Å². The monoisotopic (exact) mass is 418 g/mol. The van der Waals surface area contributed by atoms with Crippen LogP contribution < -0.4 is 0 Å². The molecule has 0 amide bonds. The van der Waals surface area contributed by atoms with Gasteiger partial charge in [0.1, 0.15) is 5.82 Å². The normalized spacial score (nSPS) is 26.0. The molecule has 1 aromatic rings. The number of unbranched alkanes of at least 4 members (excludes halogenated alkanes) is 1. The summed E-state index contributed by atoms with van der Waals surface area (Å²) in [6.07, 6.45) is 10.4. The molecule has 21 heavy (non-hydrogen) atoms. The molecule has 0 saturated heterocycles. The summed E-state index contributed by atoms with van der Waals surface area (Å²) in [5.74, 6) is 0.756. The van der Waals surface area contributed by atoms with Gasteiger partial charge in [-0.1, -0.05) is 48.2 Å². The lowest BCUT2D eigenvalue weighted by atomic mass is 9.68. The summed E-state index contributed by atoms with van der Waals surface area (Å²) in [7, 11) is 0. The fourth-order valence-corrected chi connectivity index (χ4v) is 4.70. The molecule has 2 rings (SSSR count). The third-order valence-electron chi connectivity index (χ3n) is 4.98. The molecular weight excluding hydrogens is 395 g/mol. The summed E-state index contributed by atoms with van der Waals surface area (Å²) in [5, 5.41) is 1.05. The van der Waals surface area contributed by atoms with E-state index >= 15 is 0 Å². The number of benzene rings is 1. The van der Waals surface area contributed by atoms with Gasteiger partial charge in [0.15, 0.2) is 0 Å². The smallest absolute Gasteiger partial charge is 0.137 e. The minimum atomic E-state index is -0.171. The topological polar surface area (TPSA) is 0 Å². The van der Waals surface area contributed by atoms with Crippen molar-refractivity contribution >= 4 is 31.9 Å². The van der Waals surface area contributed by atoms with E-state index in [-0.39, 0.29) is 5.82 Å². The number of hydrogen-bond donors (Lipinski definition) is 0. The second kappa shape index (κ2) is 8.10. The van der Waals surface area contributed by atoms with Gasteiger partial charge in [-0.3, -0.25) is 0 Å². The quantitative estimate of drug-likeness (QED) is 0.440. The van der Waals surface area contributed by atoms with Crippen LogP contribution in [0.2, 0.25) is 0 Å². The third-order valence-corrected chi connectivity index (χ3v) is 6.78. The summed E-state index contributed by atoms with van der Waals surface area (Å²) in [6, 6.07) is 5.46. The second-order valence-electron chi connectivity index (χ2n) is 6.64. The van der Waals surface area contributed by atoms with Crippen LogP contribution in [0.5, 0.6) is 0 Å². The van der Waals surface area contributed by atoms with Crippen LogP contribution in [0.25, 0.3) is 0 Å². The summed E-state index contributed by atoms with van der Waals surface area (Å²) < 4.78 is 14.0. The Bertz CT molecular complexity index is 451. The van der Waals surface area contributed by atoms with E-state index in [0.717, 1.165) is 17.7 Å². The van der Waals surface area contributed by atoms with Crippen LogP contribution in [0.1, 0.15) is 57.4 Å². The van der Waals surface area contributed by atoms with Gasteiger partial charge in [-0.2, -0.15) is 0 Å². The van der Waals surface area contributed by atoms with Gasteiger partial charge in [0.2, 0.25) is 0 Å². The van der Waals surface area contributed by atoms with Crippen molar-refractivity contribution in [2.75, 3.05) is 5.33 Å². The molecule has 1 aromatic carbocycles. The van der Waals surface area contributed by atoms with Crippen molar-refractivity contribution in [2.45, 2.75) is 58.3 Å². The first kappa shape index (κ1) is 17.5. The van der Waals surface area contributed by atoms with Crippen molar-refractivity contribution < 1.29 is 4.39 Å². The molecule has 0 radical (unpaired) electrons. The standard InChI is InChI=1S/C18H25Br2F/c1-2-3-4-14-7-9-18(13-19,10-8-14)12-15-5-6-17(21)16(20)11-15/h5-6,11,14H,2-4,7-10,12-13H2,1H3. The Balaban J connectivity index is 1.98. The first-order valence-electron chi connectivity index (χ1n) is 8.08. The van der Waals surface area contributed by atoms with Gasteiger partial charge >= 0.3 is 0 Å². The van der Waals surface area contributed by atoms with Gasteiger partial charge < -0.3 is 0 Å². The van der Waals surface area contributed by atoms with Crippen LogP contribution in [0.3, 0.4) is 0 Å². The van der Waals surface area contributed by atoms with Gasteiger partial charge in [0.25, 0.3) is 0 Å². The first-order valence-corrected chi connectivity index (χ1v) is 10.00. The maximum absolute atomic E-state index is 13.4. The molecule has 0 spiro atoms. The zero-order valence-electron chi connectivity index (χ0n) is 12.8. The highest BCUT2D eigenvalue weighted by Crippen LogP contribution is 2.44. The Labute approximate surface area is 145 Å². The molecule has 0 unspecified atom stereocenters. The van der Waals surface area contributed by atoms with Crippen molar-refractivity contribution in [3.05, 3.63) is 34.1 Å². The predicted octanol–water partition coefficient (Wildman–Crippen LogP) is 6.89. The second-order valence-corrected chi connectivity index (χ2v) is 8.06. The van der Waals surface area contributed by atoms with Crippen molar-refractivity contribution in [2.24, 2.45) is 11.3 Å². The zero-order valence-corrected chi connectivity index (χ0v) is 16.0. The molecule has 0 bridgehead atoms. The SMILES string of the molecule is CCCCC1CCC(CBr)(Cc2ccc(F)c(Br)c2)CC1. The number of hydrogen-bond acceptors (Lipinski definition) is 0. The molecule has 0 aromatic heterocycles. The average Bonchev–Trinajstić information content (AvgIpc) is 2.50. The fourth-order valence-electron chi connectivity index (χ4n) is 3.51. The lowest BCUT2D eigenvalue weighted by molar-refractivity contribution is 0.168. The van der Waals surface area contributed by atoms with Gasteiger partial charge in [-0.25, -0.2) is 4.39 Å². The highest BCUT2D eigenvalue weighted by Gasteiger charge is 2.34. The molecule has 1 aliphatic rings. The van der Waals surface area contributed by atoms with E-state index in [1.54, 1.807) is 6.07 Å². The van der Waals surface area contributed by atoms with Crippen LogP contribution in [-0.4, -0.2) is 5.33 Å². The largest absolute Gasteiger partial charge is 0.206 e. The Morgan fingerprint density at radius 3 is 2.57 bits per heavy atom. The van der Waals surface area contributed by atoms with Crippen LogP contribution >= 0.6 is 31.9 Å². The fraction of sp³-hybridized carbons (Fsp3) is 0.667. The van der Waals surface area contributed by atoms with E-state index in [2.05, 4.69) is 38.8 Å². The Morgan fingerprint density at radius 1 is 1.29 bits per heavy atom. The maximum atomic E-state index is 13.4. The predicted molar refractivity (Wildman–Crippen MR) is 95.5 cm³/mol.